The second kappa shape index (κ2) is 9.01. The highest BCUT2D eigenvalue weighted by molar-refractivity contribution is 5.92. The molecule has 0 radical (unpaired) electrons. The van der Waals surface area contributed by atoms with Gasteiger partial charge in [-0.25, -0.2) is 0 Å². The molecule has 26 heavy (non-hydrogen) atoms. The minimum Gasteiger partial charge on any atom is -0.366 e. The summed E-state index contributed by atoms with van der Waals surface area (Å²) in [7, 11) is 0. The molecule has 3 atom stereocenters. The number of nitrogens with two attached hydrogens (primary N) is 1. The van der Waals surface area contributed by atoms with Gasteiger partial charge in [0.15, 0.2) is 0 Å². The van der Waals surface area contributed by atoms with Crippen LogP contribution in [0, 0.1) is 5.92 Å². The van der Waals surface area contributed by atoms with Crippen molar-refractivity contribution in [1.82, 2.24) is 10.2 Å². The third kappa shape index (κ3) is 4.47. The van der Waals surface area contributed by atoms with Gasteiger partial charge < -0.3 is 11.1 Å². The summed E-state index contributed by atoms with van der Waals surface area (Å²) in [5, 5.41) is 3.67. The molecule has 4 heteroatoms. The van der Waals surface area contributed by atoms with Gasteiger partial charge in [0.1, 0.15) is 0 Å². The maximum Gasteiger partial charge on any atom is 0.248 e. The fraction of sp³-hybridized carbons (Fsp3) is 0.682. The van der Waals surface area contributed by atoms with Gasteiger partial charge in [0, 0.05) is 30.7 Å². The third-order valence-electron chi connectivity index (χ3n) is 6.66. The highest BCUT2D eigenvalue weighted by Gasteiger charge is 2.40. The number of rotatable bonds is 9. The molecule has 3 rings (SSSR count). The molecule has 1 unspecified atom stereocenters. The summed E-state index contributed by atoms with van der Waals surface area (Å²) >= 11 is 0. The molecule has 2 saturated heterocycles. The number of hydrogen-bond acceptors (Lipinski definition) is 3. The average molecular weight is 358 g/mol. The van der Waals surface area contributed by atoms with Crippen LogP contribution >= 0.6 is 0 Å². The summed E-state index contributed by atoms with van der Waals surface area (Å²) < 4.78 is 0. The van der Waals surface area contributed by atoms with E-state index in [-0.39, 0.29) is 5.91 Å². The Bertz CT molecular complexity index is 585. The standard InChI is InChI=1S/C22H35N3O/c1-3-16(4-2)15-24-10-11-25-20-8-9-21(25)14-19(13-20)17-6-5-7-18(12-17)22(23)26/h5-7,12,16,19-21,24H,3-4,8-11,13-15H2,1-2H3,(H2,23,26)/t19?,20-,21+. The van der Waals surface area contributed by atoms with Crippen LogP contribution in [0.15, 0.2) is 24.3 Å². The molecular weight excluding hydrogens is 322 g/mol. The van der Waals surface area contributed by atoms with E-state index in [2.05, 4.69) is 30.1 Å². The first kappa shape index (κ1) is 19.4. The molecular formula is C22H35N3O. The van der Waals surface area contributed by atoms with E-state index in [9.17, 15) is 4.79 Å². The van der Waals surface area contributed by atoms with E-state index in [1.54, 1.807) is 0 Å². The van der Waals surface area contributed by atoms with Gasteiger partial charge in [-0.1, -0.05) is 38.8 Å². The van der Waals surface area contributed by atoms with Gasteiger partial charge in [-0.3, -0.25) is 9.69 Å². The van der Waals surface area contributed by atoms with Gasteiger partial charge in [-0.05, 0) is 61.8 Å². The first-order valence-corrected chi connectivity index (χ1v) is 10.5. The summed E-state index contributed by atoms with van der Waals surface area (Å²) in [6.45, 7) is 8.00. The maximum atomic E-state index is 11.5. The molecule has 2 aliphatic heterocycles. The monoisotopic (exact) mass is 357 g/mol. The average Bonchev–Trinajstić information content (AvgIpc) is 2.89. The zero-order valence-corrected chi connectivity index (χ0v) is 16.4. The second-order valence-corrected chi connectivity index (χ2v) is 8.17. The number of carbonyl (C=O) groups is 1. The SMILES string of the molecule is CCC(CC)CNCCN1[C@@H]2CC[C@H]1CC(c1cccc(C(N)=O)c1)C2. The Balaban J connectivity index is 1.53. The van der Waals surface area contributed by atoms with Crippen molar-refractivity contribution in [1.29, 1.82) is 0 Å². The normalized spacial score (nSPS) is 25.7. The molecule has 0 saturated carbocycles. The van der Waals surface area contributed by atoms with Crippen molar-refractivity contribution in [2.24, 2.45) is 11.7 Å². The molecule has 1 amide bonds. The fourth-order valence-corrected chi connectivity index (χ4v) is 4.95. The molecule has 0 spiro atoms. The quantitative estimate of drug-likeness (QED) is 0.665. The van der Waals surface area contributed by atoms with Crippen LogP contribution in [0.2, 0.25) is 0 Å². The van der Waals surface area contributed by atoms with E-state index in [1.807, 2.05) is 18.2 Å². The van der Waals surface area contributed by atoms with Gasteiger partial charge in [0.25, 0.3) is 0 Å². The van der Waals surface area contributed by atoms with E-state index >= 15 is 0 Å². The molecule has 2 heterocycles. The van der Waals surface area contributed by atoms with Crippen LogP contribution in [0.3, 0.4) is 0 Å². The number of primary amides is 1. The number of piperidine rings is 1. The molecule has 144 valence electrons. The minimum atomic E-state index is -0.323. The number of amides is 1. The summed E-state index contributed by atoms with van der Waals surface area (Å²) in [4.78, 5) is 14.2. The van der Waals surface area contributed by atoms with Crippen LogP contribution in [-0.2, 0) is 0 Å². The third-order valence-corrected chi connectivity index (χ3v) is 6.66. The summed E-state index contributed by atoms with van der Waals surface area (Å²) in [6, 6.07) is 9.38. The topological polar surface area (TPSA) is 58.4 Å². The molecule has 4 nitrogen and oxygen atoms in total. The molecule has 1 aromatic carbocycles. The lowest BCUT2D eigenvalue weighted by atomic mass is 9.84. The van der Waals surface area contributed by atoms with E-state index in [0.717, 1.165) is 19.0 Å². The Labute approximate surface area is 158 Å². The van der Waals surface area contributed by atoms with Crippen molar-refractivity contribution < 1.29 is 4.79 Å². The number of nitrogens with one attached hydrogen (secondary N) is 1. The zero-order valence-electron chi connectivity index (χ0n) is 16.4. The lowest BCUT2D eigenvalue weighted by Crippen LogP contribution is -2.45. The van der Waals surface area contributed by atoms with E-state index < -0.39 is 0 Å². The van der Waals surface area contributed by atoms with Crippen molar-refractivity contribution in [3.63, 3.8) is 0 Å². The van der Waals surface area contributed by atoms with Gasteiger partial charge in [-0.2, -0.15) is 0 Å². The van der Waals surface area contributed by atoms with E-state index in [4.69, 9.17) is 5.73 Å². The molecule has 1 aromatic rings. The zero-order chi connectivity index (χ0) is 18.5. The van der Waals surface area contributed by atoms with Crippen LogP contribution in [0.1, 0.15) is 74.2 Å². The Morgan fingerprint density at radius 3 is 2.54 bits per heavy atom. The van der Waals surface area contributed by atoms with Crippen LogP contribution in [0.25, 0.3) is 0 Å². The first-order valence-electron chi connectivity index (χ1n) is 10.5. The van der Waals surface area contributed by atoms with Crippen LogP contribution in [-0.4, -0.2) is 42.5 Å². The van der Waals surface area contributed by atoms with Crippen molar-refractivity contribution >= 4 is 5.91 Å². The number of fused-ring (bicyclic) bond motifs is 2. The Kier molecular flexibility index (Phi) is 6.71. The van der Waals surface area contributed by atoms with Gasteiger partial charge in [0.2, 0.25) is 5.91 Å². The Hall–Kier alpha value is -1.39. The summed E-state index contributed by atoms with van der Waals surface area (Å²) in [5.41, 5.74) is 7.39. The lowest BCUT2D eigenvalue weighted by Gasteiger charge is -2.39. The van der Waals surface area contributed by atoms with Gasteiger partial charge in [-0.15, -0.1) is 0 Å². The molecule has 2 aliphatic rings. The van der Waals surface area contributed by atoms with Gasteiger partial charge >= 0.3 is 0 Å². The van der Waals surface area contributed by atoms with Crippen LogP contribution in [0.4, 0.5) is 0 Å². The smallest absolute Gasteiger partial charge is 0.248 e. The molecule has 2 bridgehead atoms. The Morgan fingerprint density at radius 1 is 1.23 bits per heavy atom. The van der Waals surface area contributed by atoms with Crippen LogP contribution in [0.5, 0.6) is 0 Å². The van der Waals surface area contributed by atoms with Crippen LogP contribution < -0.4 is 11.1 Å². The minimum absolute atomic E-state index is 0.323. The van der Waals surface area contributed by atoms with E-state index in [0.29, 0.717) is 23.6 Å². The number of hydrogen-bond donors (Lipinski definition) is 2. The lowest BCUT2D eigenvalue weighted by molar-refractivity contribution is 0.1000. The summed E-state index contributed by atoms with van der Waals surface area (Å²) in [5.74, 6) is 1.06. The van der Waals surface area contributed by atoms with E-state index in [1.165, 1.54) is 50.6 Å². The Morgan fingerprint density at radius 2 is 1.92 bits per heavy atom. The molecule has 0 aromatic heterocycles. The van der Waals surface area contributed by atoms with Crippen molar-refractivity contribution in [2.45, 2.75) is 70.4 Å². The second-order valence-electron chi connectivity index (χ2n) is 8.17. The predicted molar refractivity (Wildman–Crippen MR) is 107 cm³/mol. The first-order chi connectivity index (χ1) is 12.6. The highest BCUT2D eigenvalue weighted by atomic mass is 16.1. The number of nitrogens with zero attached hydrogens (tertiary/aromatic N) is 1. The molecule has 3 N–H and O–H groups in total. The van der Waals surface area contributed by atoms with Gasteiger partial charge in [0.05, 0.1) is 0 Å². The maximum absolute atomic E-state index is 11.5. The predicted octanol–water partition coefficient (Wildman–Crippen LogP) is 3.52. The molecule has 2 fully saturated rings. The molecule has 0 aliphatic carbocycles. The van der Waals surface area contributed by atoms with Crippen molar-refractivity contribution in [2.75, 3.05) is 19.6 Å². The number of benzene rings is 1. The van der Waals surface area contributed by atoms with Crippen molar-refractivity contribution in [3.8, 4) is 0 Å². The van der Waals surface area contributed by atoms with Crippen molar-refractivity contribution in [3.05, 3.63) is 35.4 Å². The number of carbonyl (C=O) groups excluding carboxylic acids is 1. The fourth-order valence-electron chi connectivity index (χ4n) is 4.95. The largest absolute Gasteiger partial charge is 0.366 e. The summed E-state index contributed by atoms with van der Waals surface area (Å²) in [6.07, 6.45) is 7.61. The highest BCUT2D eigenvalue weighted by Crippen LogP contribution is 2.42.